The first-order chi connectivity index (χ1) is 14.0. The molecule has 0 amide bonds. The smallest absolute Gasteiger partial charge is 0.196 e. The number of carbonyl (C=O) groups excluding carboxylic acids is 2. The van der Waals surface area contributed by atoms with Crippen LogP contribution in [0.25, 0.3) is 28.0 Å². The summed E-state index contributed by atoms with van der Waals surface area (Å²) in [6.07, 6.45) is 4.27. The van der Waals surface area contributed by atoms with E-state index in [0.717, 1.165) is 28.7 Å². The third-order valence-corrected chi connectivity index (χ3v) is 6.26. The van der Waals surface area contributed by atoms with Gasteiger partial charge >= 0.3 is 0 Å². The Labute approximate surface area is 169 Å². The van der Waals surface area contributed by atoms with Crippen molar-refractivity contribution in [2.45, 2.75) is 31.7 Å². The molecule has 1 aliphatic carbocycles. The summed E-state index contributed by atoms with van der Waals surface area (Å²) >= 11 is 0. The molecule has 1 aromatic heterocycles. The van der Waals surface area contributed by atoms with Crippen LogP contribution < -0.4 is 0 Å². The number of hydrogen-bond acceptors (Lipinski definition) is 3. The molecule has 0 unspecified atom stereocenters. The van der Waals surface area contributed by atoms with Gasteiger partial charge in [0.15, 0.2) is 17.3 Å². The van der Waals surface area contributed by atoms with Gasteiger partial charge in [0.25, 0.3) is 0 Å². The van der Waals surface area contributed by atoms with E-state index in [9.17, 15) is 14.7 Å². The minimum atomic E-state index is -0.765. The van der Waals surface area contributed by atoms with Gasteiger partial charge in [-0.1, -0.05) is 60.7 Å². The van der Waals surface area contributed by atoms with E-state index < -0.39 is 5.54 Å². The predicted molar refractivity (Wildman–Crippen MR) is 112 cm³/mol. The fourth-order valence-corrected chi connectivity index (χ4v) is 4.68. The lowest BCUT2D eigenvalue weighted by Gasteiger charge is -2.45. The predicted octanol–water partition coefficient (Wildman–Crippen LogP) is 5.14. The summed E-state index contributed by atoms with van der Waals surface area (Å²) in [4.78, 5) is 25.6. The van der Waals surface area contributed by atoms with Crippen LogP contribution in [0.15, 0.2) is 72.4 Å². The molecule has 3 aromatic rings. The highest BCUT2D eigenvalue weighted by Gasteiger charge is 2.53. The number of rotatable bonds is 3. The van der Waals surface area contributed by atoms with E-state index in [1.807, 2.05) is 71.4 Å². The highest BCUT2D eigenvalue weighted by atomic mass is 16.3. The first-order valence-electron chi connectivity index (χ1n) is 9.90. The number of allylic oxidation sites excluding steroid dienone is 1. The van der Waals surface area contributed by atoms with Gasteiger partial charge in [0.05, 0.1) is 5.69 Å². The molecule has 0 saturated heterocycles. The van der Waals surface area contributed by atoms with Crippen LogP contribution in [0.4, 0.5) is 0 Å². The molecule has 0 atom stereocenters. The Morgan fingerprint density at radius 1 is 0.966 bits per heavy atom. The van der Waals surface area contributed by atoms with Gasteiger partial charge in [-0.25, -0.2) is 0 Å². The minimum Gasteiger partial charge on any atom is -0.505 e. The zero-order valence-electron chi connectivity index (χ0n) is 16.2. The zero-order chi connectivity index (χ0) is 20.2. The quantitative estimate of drug-likeness (QED) is 0.637. The molecule has 29 heavy (non-hydrogen) atoms. The van der Waals surface area contributed by atoms with Crippen LogP contribution in [0.1, 0.15) is 31.9 Å². The number of aliphatic hydroxyl groups is 1. The Kier molecular flexibility index (Phi) is 3.85. The molecule has 2 aliphatic rings. The van der Waals surface area contributed by atoms with Gasteiger partial charge in [0, 0.05) is 17.3 Å². The number of aromatic nitrogens is 1. The van der Waals surface area contributed by atoms with Gasteiger partial charge in [-0.2, -0.15) is 0 Å². The summed E-state index contributed by atoms with van der Waals surface area (Å²) in [5, 5.41) is 11.1. The van der Waals surface area contributed by atoms with Gasteiger partial charge in [-0.3, -0.25) is 9.59 Å². The number of ketones is 2. The summed E-state index contributed by atoms with van der Waals surface area (Å²) in [5.41, 5.74) is 3.49. The maximum absolute atomic E-state index is 13.3. The van der Waals surface area contributed by atoms with Crippen molar-refractivity contribution in [2.75, 3.05) is 0 Å². The van der Waals surface area contributed by atoms with Gasteiger partial charge in [-0.05, 0) is 37.3 Å². The fraction of sp³-hybridized carbons (Fsp3) is 0.200. The lowest BCUT2D eigenvalue weighted by atomic mass is 9.69. The van der Waals surface area contributed by atoms with Crippen LogP contribution in [0.3, 0.4) is 0 Å². The Morgan fingerprint density at radius 3 is 2.07 bits per heavy atom. The van der Waals surface area contributed by atoms with Crippen LogP contribution >= 0.6 is 0 Å². The monoisotopic (exact) mass is 383 g/mol. The molecular weight excluding hydrogens is 362 g/mol. The molecule has 4 nitrogen and oxygen atoms in total. The van der Waals surface area contributed by atoms with Crippen LogP contribution in [-0.4, -0.2) is 21.2 Å². The van der Waals surface area contributed by atoms with Crippen molar-refractivity contribution in [3.8, 4) is 22.3 Å². The molecule has 1 N–H and O–H groups in total. The zero-order valence-corrected chi connectivity index (χ0v) is 16.2. The van der Waals surface area contributed by atoms with E-state index in [1.165, 1.54) is 6.92 Å². The summed E-state index contributed by atoms with van der Waals surface area (Å²) in [5.74, 6) is -0.844. The number of carbonyl (C=O) groups is 2. The first kappa shape index (κ1) is 17.7. The van der Waals surface area contributed by atoms with E-state index in [4.69, 9.17) is 0 Å². The number of hydrogen-bond donors (Lipinski definition) is 1. The summed E-state index contributed by atoms with van der Waals surface area (Å²) in [7, 11) is 0. The molecule has 144 valence electrons. The number of aliphatic hydroxyl groups excluding tert-OH is 1. The highest BCUT2D eigenvalue weighted by Crippen LogP contribution is 2.52. The molecule has 4 heteroatoms. The summed E-state index contributed by atoms with van der Waals surface area (Å²) < 4.78 is 1.94. The lowest BCUT2D eigenvalue weighted by molar-refractivity contribution is -0.130. The van der Waals surface area contributed by atoms with Crippen molar-refractivity contribution in [3.63, 3.8) is 0 Å². The van der Waals surface area contributed by atoms with Crippen molar-refractivity contribution in [1.29, 1.82) is 0 Å². The molecule has 1 fully saturated rings. The normalized spacial score (nSPS) is 17.2. The maximum atomic E-state index is 13.3. The summed E-state index contributed by atoms with van der Waals surface area (Å²) in [6.45, 7) is 1.36. The second kappa shape index (κ2) is 6.31. The lowest BCUT2D eigenvalue weighted by Crippen LogP contribution is -2.52. The van der Waals surface area contributed by atoms with Crippen molar-refractivity contribution in [3.05, 3.63) is 78.1 Å². The minimum absolute atomic E-state index is 0.0629. The molecule has 0 radical (unpaired) electrons. The Hall–Kier alpha value is -3.40. The topological polar surface area (TPSA) is 59.3 Å². The third kappa shape index (κ3) is 2.38. The molecule has 1 aliphatic heterocycles. The first-order valence-corrected chi connectivity index (χ1v) is 9.90. The molecule has 1 spiro atoms. The molecule has 2 aromatic carbocycles. The standard InChI is InChI=1S/C25H21NO3/c1-16(27)20-23(28)22-21(18-11-6-3-7-12-18)19(17-9-4-2-5-10-17)15-26(22)25(24(20)29)13-8-14-25/h2-7,9-12,15,28H,8,13-14H2,1H3. The molecule has 5 rings (SSSR count). The molecule has 1 saturated carbocycles. The van der Waals surface area contributed by atoms with Crippen LogP contribution in [0.5, 0.6) is 0 Å². The van der Waals surface area contributed by atoms with Crippen LogP contribution in [-0.2, 0) is 15.1 Å². The van der Waals surface area contributed by atoms with E-state index in [0.29, 0.717) is 18.5 Å². The number of fused-ring (bicyclic) bond motifs is 2. The molecule has 2 heterocycles. The van der Waals surface area contributed by atoms with E-state index in [-0.39, 0.29) is 22.9 Å². The molecular formula is C25H21NO3. The second-order valence-electron chi connectivity index (χ2n) is 7.86. The van der Waals surface area contributed by atoms with Gasteiger partial charge in [0.1, 0.15) is 11.1 Å². The van der Waals surface area contributed by atoms with Gasteiger partial charge in [-0.15, -0.1) is 0 Å². The van der Waals surface area contributed by atoms with Crippen molar-refractivity contribution in [1.82, 2.24) is 4.57 Å². The largest absolute Gasteiger partial charge is 0.505 e. The summed E-state index contributed by atoms with van der Waals surface area (Å²) in [6, 6.07) is 19.8. The number of benzene rings is 2. The van der Waals surface area contributed by atoms with Gasteiger partial charge < -0.3 is 9.67 Å². The fourth-order valence-electron chi connectivity index (χ4n) is 4.68. The van der Waals surface area contributed by atoms with Crippen LogP contribution in [0.2, 0.25) is 0 Å². The van der Waals surface area contributed by atoms with Crippen molar-refractivity contribution < 1.29 is 14.7 Å². The van der Waals surface area contributed by atoms with E-state index in [2.05, 4.69) is 0 Å². The molecule has 0 bridgehead atoms. The van der Waals surface area contributed by atoms with Crippen molar-refractivity contribution >= 4 is 17.3 Å². The highest BCUT2D eigenvalue weighted by molar-refractivity contribution is 6.27. The maximum Gasteiger partial charge on any atom is 0.196 e. The Balaban J connectivity index is 1.90. The average molecular weight is 383 g/mol. The number of Topliss-reactive ketones (excluding diaryl/α,β-unsaturated/α-hetero) is 2. The third-order valence-electron chi connectivity index (χ3n) is 6.26. The van der Waals surface area contributed by atoms with Crippen molar-refractivity contribution in [2.24, 2.45) is 0 Å². The SMILES string of the molecule is CC(=O)C1=C(O)c2c(-c3ccccc3)c(-c3ccccc3)cn2C2(CCC2)C1=O. The van der Waals surface area contributed by atoms with E-state index in [1.54, 1.807) is 0 Å². The van der Waals surface area contributed by atoms with E-state index >= 15 is 0 Å². The number of nitrogens with zero attached hydrogens (tertiary/aromatic N) is 1. The average Bonchev–Trinajstić information content (AvgIpc) is 3.09. The second-order valence-corrected chi connectivity index (χ2v) is 7.86. The van der Waals surface area contributed by atoms with Gasteiger partial charge in [0.2, 0.25) is 0 Å². The Bertz CT molecular complexity index is 1170. The van der Waals surface area contributed by atoms with Crippen LogP contribution in [0, 0.1) is 0 Å². The Morgan fingerprint density at radius 2 is 1.55 bits per heavy atom.